The van der Waals surface area contributed by atoms with Gasteiger partial charge < -0.3 is 10.6 Å². The molecule has 0 bridgehead atoms. The number of hydrogen-bond acceptors (Lipinski definition) is 2. The largest absolute Gasteiger partial charge is 0.352 e. The van der Waals surface area contributed by atoms with Crippen molar-refractivity contribution in [2.24, 2.45) is 5.41 Å². The van der Waals surface area contributed by atoms with E-state index in [0.717, 1.165) is 12.0 Å². The topological polar surface area (TPSA) is 58.2 Å². The van der Waals surface area contributed by atoms with E-state index in [9.17, 15) is 9.59 Å². The number of rotatable bonds is 1. The molecule has 18 heavy (non-hydrogen) atoms. The molecule has 0 saturated heterocycles. The minimum Gasteiger partial charge on any atom is -0.352 e. The van der Waals surface area contributed by atoms with Crippen LogP contribution in [0.15, 0.2) is 18.2 Å². The smallest absolute Gasteiger partial charge is 0.251 e. The second kappa shape index (κ2) is 4.44. The Morgan fingerprint density at radius 2 is 2.06 bits per heavy atom. The van der Waals surface area contributed by atoms with Gasteiger partial charge >= 0.3 is 0 Å². The van der Waals surface area contributed by atoms with Gasteiger partial charge in [0.1, 0.15) is 0 Å². The van der Waals surface area contributed by atoms with Gasteiger partial charge in [0.25, 0.3) is 5.91 Å². The van der Waals surface area contributed by atoms with E-state index in [1.54, 1.807) is 6.07 Å². The predicted molar refractivity (Wildman–Crippen MR) is 70.6 cm³/mol. The van der Waals surface area contributed by atoms with Gasteiger partial charge in [0.05, 0.1) is 0 Å². The Bertz CT molecular complexity index is 501. The van der Waals surface area contributed by atoms with E-state index in [-0.39, 0.29) is 11.8 Å². The SMILES string of the molecule is CC(C)(C)C(=O)Nc1ccc2c(c1)C(=O)NCC2. The highest BCUT2D eigenvalue weighted by molar-refractivity contribution is 6.00. The van der Waals surface area contributed by atoms with E-state index in [1.165, 1.54) is 0 Å². The first-order valence-electron chi connectivity index (χ1n) is 6.10. The van der Waals surface area contributed by atoms with Crippen LogP contribution in [0.25, 0.3) is 0 Å². The first kappa shape index (κ1) is 12.6. The number of nitrogens with one attached hydrogen (secondary N) is 2. The third kappa shape index (κ3) is 2.53. The van der Waals surface area contributed by atoms with Crippen LogP contribution in [0.3, 0.4) is 0 Å². The molecule has 0 aromatic heterocycles. The second-order valence-corrected chi connectivity index (χ2v) is 5.58. The first-order chi connectivity index (χ1) is 8.38. The summed E-state index contributed by atoms with van der Waals surface area (Å²) < 4.78 is 0. The molecule has 0 saturated carbocycles. The number of anilines is 1. The third-order valence-electron chi connectivity index (χ3n) is 2.97. The maximum atomic E-state index is 11.9. The Morgan fingerprint density at radius 1 is 1.33 bits per heavy atom. The van der Waals surface area contributed by atoms with Crippen LogP contribution in [0.1, 0.15) is 36.7 Å². The molecule has 0 spiro atoms. The average Bonchev–Trinajstić information content (AvgIpc) is 2.29. The van der Waals surface area contributed by atoms with Crippen LogP contribution in [0.2, 0.25) is 0 Å². The molecule has 1 aliphatic rings. The zero-order chi connectivity index (χ0) is 13.3. The molecule has 1 aromatic carbocycles. The molecule has 4 heteroatoms. The highest BCUT2D eigenvalue weighted by atomic mass is 16.2. The Labute approximate surface area is 107 Å². The first-order valence-corrected chi connectivity index (χ1v) is 6.10. The highest BCUT2D eigenvalue weighted by Crippen LogP contribution is 2.21. The van der Waals surface area contributed by atoms with Crippen molar-refractivity contribution in [2.75, 3.05) is 11.9 Å². The molecule has 96 valence electrons. The standard InChI is InChI=1S/C14H18N2O2/c1-14(2,3)13(18)16-10-5-4-9-6-7-15-12(17)11(9)8-10/h4-5,8H,6-7H2,1-3H3,(H,15,17)(H,16,18). The number of benzene rings is 1. The van der Waals surface area contributed by atoms with Crippen LogP contribution in [0, 0.1) is 5.41 Å². The molecule has 0 fully saturated rings. The van der Waals surface area contributed by atoms with Crippen LogP contribution in [-0.2, 0) is 11.2 Å². The summed E-state index contributed by atoms with van der Waals surface area (Å²) in [7, 11) is 0. The van der Waals surface area contributed by atoms with Crippen molar-refractivity contribution in [2.45, 2.75) is 27.2 Å². The average molecular weight is 246 g/mol. The van der Waals surface area contributed by atoms with Crippen molar-refractivity contribution in [3.8, 4) is 0 Å². The van der Waals surface area contributed by atoms with Crippen LogP contribution in [-0.4, -0.2) is 18.4 Å². The third-order valence-corrected chi connectivity index (χ3v) is 2.97. The lowest BCUT2D eigenvalue weighted by atomic mass is 9.95. The minimum absolute atomic E-state index is 0.0568. The zero-order valence-electron chi connectivity index (χ0n) is 11.0. The van der Waals surface area contributed by atoms with E-state index in [4.69, 9.17) is 0 Å². The number of fused-ring (bicyclic) bond motifs is 1. The lowest BCUT2D eigenvalue weighted by Gasteiger charge is -2.20. The fourth-order valence-electron chi connectivity index (χ4n) is 1.81. The Kier molecular flexibility index (Phi) is 3.11. The van der Waals surface area contributed by atoms with E-state index >= 15 is 0 Å². The van der Waals surface area contributed by atoms with Gasteiger partial charge in [0.2, 0.25) is 5.91 Å². The molecule has 1 aliphatic heterocycles. The summed E-state index contributed by atoms with van der Waals surface area (Å²) in [4.78, 5) is 23.6. The molecule has 2 rings (SSSR count). The molecular weight excluding hydrogens is 228 g/mol. The quantitative estimate of drug-likeness (QED) is 0.795. The number of carbonyl (C=O) groups excluding carboxylic acids is 2. The summed E-state index contributed by atoms with van der Waals surface area (Å²) in [6.45, 7) is 6.24. The van der Waals surface area contributed by atoms with E-state index in [1.807, 2.05) is 32.9 Å². The lowest BCUT2D eigenvalue weighted by Crippen LogP contribution is -2.32. The van der Waals surface area contributed by atoms with Crippen molar-refractivity contribution in [3.05, 3.63) is 29.3 Å². The molecular formula is C14H18N2O2. The van der Waals surface area contributed by atoms with Crippen LogP contribution >= 0.6 is 0 Å². The fourth-order valence-corrected chi connectivity index (χ4v) is 1.81. The van der Waals surface area contributed by atoms with Crippen molar-refractivity contribution in [3.63, 3.8) is 0 Å². The summed E-state index contributed by atoms with van der Waals surface area (Å²) in [5.74, 6) is -0.123. The van der Waals surface area contributed by atoms with Crippen molar-refractivity contribution >= 4 is 17.5 Å². The van der Waals surface area contributed by atoms with Gasteiger partial charge in [0.15, 0.2) is 0 Å². The molecule has 0 unspecified atom stereocenters. The number of hydrogen-bond donors (Lipinski definition) is 2. The van der Waals surface area contributed by atoms with Crippen molar-refractivity contribution in [1.82, 2.24) is 5.32 Å². The molecule has 4 nitrogen and oxygen atoms in total. The van der Waals surface area contributed by atoms with Gasteiger partial charge in [-0.1, -0.05) is 26.8 Å². The molecule has 1 heterocycles. The maximum absolute atomic E-state index is 11.9. The second-order valence-electron chi connectivity index (χ2n) is 5.58. The summed E-state index contributed by atoms with van der Waals surface area (Å²) in [6.07, 6.45) is 0.842. The zero-order valence-corrected chi connectivity index (χ0v) is 11.0. The van der Waals surface area contributed by atoms with Crippen molar-refractivity contribution < 1.29 is 9.59 Å². The predicted octanol–water partition coefficient (Wildman–Crippen LogP) is 1.96. The normalized spacial score (nSPS) is 14.7. The Morgan fingerprint density at radius 3 is 2.72 bits per heavy atom. The molecule has 2 N–H and O–H groups in total. The van der Waals surface area contributed by atoms with Crippen LogP contribution < -0.4 is 10.6 Å². The van der Waals surface area contributed by atoms with Crippen LogP contribution in [0.5, 0.6) is 0 Å². The summed E-state index contributed by atoms with van der Waals surface area (Å²) in [5.41, 5.74) is 1.92. The lowest BCUT2D eigenvalue weighted by molar-refractivity contribution is -0.123. The van der Waals surface area contributed by atoms with Gasteiger partial charge in [-0.05, 0) is 24.1 Å². The van der Waals surface area contributed by atoms with Gasteiger partial charge in [-0.25, -0.2) is 0 Å². The fraction of sp³-hybridized carbons (Fsp3) is 0.429. The van der Waals surface area contributed by atoms with Gasteiger partial charge in [-0.2, -0.15) is 0 Å². The van der Waals surface area contributed by atoms with Gasteiger partial charge in [-0.3, -0.25) is 9.59 Å². The minimum atomic E-state index is -0.446. The summed E-state index contributed by atoms with van der Waals surface area (Å²) in [5, 5.41) is 5.63. The molecule has 1 aromatic rings. The molecule has 0 aliphatic carbocycles. The van der Waals surface area contributed by atoms with Gasteiger partial charge in [-0.15, -0.1) is 0 Å². The summed E-state index contributed by atoms with van der Waals surface area (Å²) in [6, 6.07) is 5.50. The number of carbonyl (C=O) groups is 2. The van der Waals surface area contributed by atoms with Gasteiger partial charge in [0, 0.05) is 23.2 Å². The maximum Gasteiger partial charge on any atom is 0.251 e. The number of amides is 2. The van der Waals surface area contributed by atoms with E-state index in [2.05, 4.69) is 10.6 Å². The van der Waals surface area contributed by atoms with E-state index in [0.29, 0.717) is 17.8 Å². The Hall–Kier alpha value is -1.84. The molecule has 2 amide bonds. The Balaban J connectivity index is 2.24. The molecule has 0 atom stereocenters. The van der Waals surface area contributed by atoms with Crippen molar-refractivity contribution in [1.29, 1.82) is 0 Å². The summed E-state index contributed by atoms with van der Waals surface area (Å²) >= 11 is 0. The monoisotopic (exact) mass is 246 g/mol. The molecule has 0 radical (unpaired) electrons. The highest BCUT2D eigenvalue weighted by Gasteiger charge is 2.22. The van der Waals surface area contributed by atoms with E-state index < -0.39 is 5.41 Å². The van der Waals surface area contributed by atoms with Crippen LogP contribution in [0.4, 0.5) is 5.69 Å².